The first-order valence-corrected chi connectivity index (χ1v) is 6.46. The first-order chi connectivity index (χ1) is 10.3. The molecule has 0 spiro atoms. The zero-order valence-electron chi connectivity index (χ0n) is 12.2. The van der Waals surface area contributed by atoms with Crippen molar-refractivity contribution in [1.82, 2.24) is 18.5 Å². The fourth-order valence-electron chi connectivity index (χ4n) is 2.35. The van der Waals surface area contributed by atoms with E-state index in [0.717, 1.165) is 9.13 Å². The highest BCUT2D eigenvalue weighted by Crippen LogP contribution is 2.07. The Hall–Kier alpha value is -3.03. The smallest absolute Gasteiger partial charge is 0.295 e. The van der Waals surface area contributed by atoms with Crippen molar-refractivity contribution in [3.8, 4) is 0 Å². The number of aryl methyl sites for hydroxylation is 1. The molecule has 0 bridgehead atoms. The summed E-state index contributed by atoms with van der Waals surface area (Å²) in [7, 11) is 2.74. The maximum atomic E-state index is 12.5. The summed E-state index contributed by atoms with van der Waals surface area (Å²) in [5.74, 6) is -0.172. The number of hydrogen-bond acceptors (Lipinski definition) is 5. The van der Waals surface area contributed by atoms with E-state index in [9.17, 15) is 19.2 Å². The van der Waals surface area contributed by atoms with Gasteiger partial charge in [-0.05, 0) is 19.1 Å². The predicted molar refractivity (Wildman–Crippen MR) is 79.5 cm³/mol. The maximum absolute atomic E-state index is 12.5. The molecule has 8 nitrogen and oxygen atoms in total. The standard InChI is InChI=1S/C14H12N4O4/c1-7(19)8-4-5-18-9(6-8)15-11-10(13(18)21)12(20)17(3)14(22)16(11)2/h4-6H,1-3H3. The van der Waals surface area contributed by atoms with Crippen LogP contribution in [-0.4, -0.2) is 24.3 Å². The van der Waals surface area contributed by atoms with Gasteiger partial charge in [-0.1, -0.05) is 0 Å². The molecule has 0 aromatic carbocycles. The molecule has 0 aliphatic heterocycles. The molecule has 0 radical (unpaired) electrons. The second-order valence-electron chi connectivity index (χ2n) is 5.02. The number of hydrogen-bond donors (Lipinski definition) is 0. The molecule has 3 heterocycles. The molecule has 0 aliphatic rings. The van der Waals surface area contributed by atoms with E-state index in [1.807, 2.05) is 0 Å². The highest BCUT2D eigenvalue weighted by Gasteiger charge is 2.15. The Kier molecular flexibility index (Phi) is 2.84. The van der Waals surface area contributed by atoms with Crippen molar-refractivity contribution in [1.29, 1.82) is 0 Å². The van der Waals surface area contributed by atoms with Crippen LogP contribution in [0.25, 0.3) is 16.7 Å². The van der Waals surface area contributed by atoms with Crippen LogP contribution in [0.4, 0.5) is 0 Å². The minimum absolute atomic E-state index is 0.00111. The molecule has 8 heteroatoms. The van der Waals surface area contributed by atoms with Gasteiger partial charge in [0.1, 0.15) is 11.0 Å². The summed E-state index contributed by atoms with van der Waals surface area (Å²) in [4.78, 5) is 52.3. The fourth-order valence-corrected chi connectivity index (χ4v) is 2.35. The topological polar surface area (TPSA) is 95.4 Å². The van der Waals surface area contributed by atoms with E-state index in [2.05, 4.69) is 4.98 Å². The lowest BCUT2D eigenvalue weighted by atomic mass is 10.2. The molecule has 0 amide bonds. The zero-order valence-corrected chi connectivity index (χ0v) is 12.2. The van der Waals surface area contributed by atoms with Crippen LogP contribution in [0.1, 0.15) is 17.3 Å². The Morgan fingerprint density at radius 2 is 1.77 bits per heavy atom. The third-order valence-electron chi connectivity index (χ3n) is 3.63. The van der Waals surface area contributed by atoms with Gasteiger partial charge < -0.3 is 0 Å². The van der Waals surface area contributed by atoms with Crippen molar-refractivity contribution in [2.24, 2.45) is 14.1 Å². The molecular formula is C14H12N4O4. The van der Waals surface area contributed by atoms with Crippen LogP contribution < -0.4 is 16.8 Å². The second kappa shape index (κ2) is 4.48. The van der Waals surface area contributed by atoms with Gasteiger partial charge in [0.25, 0.3) is 11.1 Å². The van der Waals surface area contributed by atoms with Crippen LogP contribution in [0.3, 0.4) is 0 Å². The molecule has 0 fully saturated rings. The van der Waals surface area contributed by atoms with E-state index in [-0.39, 0.29) is 22.5 Å². The number of ketones is 1. The summed E-state index contributed by atoms with van der Waals surface area (Å²) in [6, 6.07) is 2.93. The first-order valence-electron chi connectivity index (χ1n) is 6.46. The van der Waals surface area contributed by atoms with Gasteiger partial charge in [0.15, 0.2) is 11.4 Å². The molecule has 22 heavy (non-hydrogen) atoms. The van der Waals surface area contributed by atoms with Crippen molar-refractivity contribution in [2.45, 2.75) is 6.92 Å². The lowest BCUT2D eigenvalue weighted by molar-refractivity contribution is 0.101. The molecule has 3 rings (SSSR count). The van der Waals surface area contributed by atoms with Crippen LogP contribution in [-0.2, 0) is 14.1 Å². The summed E-state index contributed by atoms with van der Waals surface area (Å²) in [6.45, 7) is 1.40. The van der Waals surface area contributed by atoms with Crippen molar-refractivity contribution >= 4 is 22.5 Å². The quantitative estimate of drug-likeness (QED) is 0.444. The summed E-state index contributed by atoms with van der Waals surface area (Å²) in [5.41, 5.74) is -1.25. The Balaban J connectivity index is 2.64. The Morgan fingerprint density at radius 1 is 1.09 bits per heavy atom. The van der Waals surface area contributed by atoms with E-state index in [0.29, 0.717) is 5.56 Å². The van der Waals surface area contributed by atoms with Gasteiger partial charge in [-0.3, -0.25) is 27.9 Å². The van der Waals surface area contributed by atoms with E-state index >= 15 is 0 Å². The summed E-state index contributed by atoms with van der Waals surface area (Å²) < 4.78 is 3.18. The number of carbonyl (C=O) groups is 1. The number of Topliss-reactive ketones (excluding diaryl/α,β-unsaturated/α-hetero) is 1. The summed E-state index contributed by atoms with van der Waals surface area (Å²) >= 11 is 0. The minimum atomic E-state index is -0.694. The van der Waals surface area contributed by atoms with Crippen LogP contribution in [0.15, 0.2) is 32.7 Å². The van der Waals surface area contributed by atoms with Gasteiger partial charge in [0.2, 0.25) is 0 Å². The molecule has 0 N–H and O–H groups in total. The first kappa shape index (κ1) is 13.9. The van der Waals surface area contributed by atoms with Crippen LogP contribution in [0, 0.1) is 0 Å². The minimum Gasteiger partial charge on any atom is -0.295 e. The lowest BCUT2D eigenvalue weighted by Gasteiger charge is -2.08. The highest BCUT2D eigenvalue weighted by atomic mass is 16.2. The van der Waals surface area contributed by atoms with Gasteiger partial charge in [-0.15, -0.1) is 0 Å². The Bertz CT molecular complexity index is 1130. The number of nitrogens with zero attached hydrogens (tertiary/aromatic N) is 4. The molecule has 3 aromatic heterocycles. The Labute approximate surface area is 122 Å². The lowest BCUT2D eigenvalue weighted by Crippen LogP contribution is -2.40. The summed E-state index contributed by atoms with van der Waals surface area (Å²) in [6.07, 6.45) is 1.39. The van der Waals surface area contributed by atoms with E-state index in [4.69, 9.17) is 0 Å². The Morgan fingerprint density at radius 3 is 2.41 bits per heavy atom. The SMILES string of the molecule is CC(=O)c1ccn2c(=O)c3c(=O)n(C)c(=O)n(C)c3nc2c1. The molecule has 0 unspecified atom stereocenters. The van der Waals surface area contributed by atoms with Gasteiger partial charge in [0, 0.05) is 25.9 Å². The zero-order chi connectivity index (χ0) is 16.2. The third-order valence-corrected chi connectivity index (χ3v) is 3.63. The number of carbonyl (C=O) groups excluding carboxylic acids is 1. The van der Waals surface area contributed by atoms with Gasteiger partial charge in [-0.2, -0.15) is 0 Å². The highest BCUT2D eigenvalue weighted by molar-refractivity contribution is 5.95. The molecule has 0 aliphatic carbocycles. The fraction of sp³-hybridized carbons (Fsp3) is 0.214. The molecule has 0 saturated heterocycles. The van der Waals surface area contributed by atoms with Gasteiger partial charge in [0.05, 0.1) is 0 Å². The molecular weight excluding hydrogens is 288 g/mol. The van der Waals surface area contributed by atoms with Gasteiger partial charge >= 0.3 is 5.69 Å². The average molecular weight is 300 g/mol. The number of pyridine rings is 1. The van der Waals surface area contributed by atoms with E-state index in [1.54, 1.807) is 0 Å². The second-order valence-corrected chi connectivity index (χ2v) is 5.02. The van der Waals surface area contributed by atoms with Crippen LogP contribution in [0.2, 0.25) is 0 Å². The molecule has 112 valence electrons. The normalized spacial score (nSPS) is 11.2. The van der Waals surface area contributed by atoms with Crippen molar-refractivity contribution < 1.29 is 4.79 Å². The molecule has 3 aromatic rings. The van der Waals surface area contributed by atoms with Crippen LogP contribution in [0.5, 0.6) is 0 Å². The maximum Gasteiger partial charge on any atom is 0.332 e. The third kappa shape index (κ3) is 1.73. The van der Waals surface area contributed by atoms with E-state index in [1.165, 1.54) is 43.7 Å². The van der Waals surface area contributed by atoms with Crippen molar-refractivity contribution in [3.05, 3.63) is 55.1 Å². The largest absolute Gasteiger partial charge is 0.332 e. The predicted octanol–water partition coefficient (Wildman–Crippen LogP) is -0.552. The molecule has 0 saturated carbocycles. The number of fused-ring (bicyclic) bond motifs is 2. The monoisotopic (exact) mass is 300 g/mol. The van der Waals surface area contributed by atoms with E-state index < -0.39 is 16.8 Å². The molecule has 0 atom stereocenters. The number of aromatic nitrogens is 4. The summed E-state index contributed by atoms with van der Waals surface area (Å²) in [5, 5.41) is -0.169. The number of rotatable bonds is 1. The average Bonchev–Trinajstić information content (AvgIpc) is 2.50. The van der Waals surface area contributed by atoms with Crippen molar-refractivity contribution in [2.75, 3.05) is 0 Å². The van der Waals surface area contributed by atoms with Crippen LogP contribution >= 0.6 is 0 Å². The van der Waals surface area contributed by atoms with Gasteiger partial charge in [-0.25, -0.2) is 9.78 Å². The van der Waals surface area contributed by atoms with Crippen molar-refractivity contribution in [3.63, 3.8) is 0 Å².